The van der Waals surface area contributed by atoms with Gasteiger partial charge in [-0.15, -0.1) is 0 Å². The lowest BCUT2D eigenvalue weighted by Crippen LogP contribution is -2.34. The maximum atomic E-state index is 11.4. The predicted octanol–water partition coefficient (Wildman–Crippen LogP) is 0.477. The molecule has 0 spiro atoms. The minimum Gasteiger partial charge on any atom is -0.396 e. The fourth-order valence-electron chi connectivity index (χ4n) is 1.88. The number of hydrogen-bond donors (Lipinski definition) is 2. The Morgan fingerprint density at radius 2 is 2.14 bits per heavy atom. The van der Waals surface area contributed by atoms with Crippen LogP contribution in [0.15, 0.2) is 0 Å². The molecule has 1 rings (SSSR count). The highest BCUT2D eigenvalue weighted by atomic mass is 32.2. The summed E-state index contributed by atoms with van der Waals surface area (Å²) in [4.78, 5) is 0. The van der Waals surface area contributed by atoms with E-state index in [0.29, 0.717) is 12.3 Å². The highest BCUT2D eigenvalue weighted by Crippen LogP contribution is 2.25. The molecule has 4 nitrogen and oxygen atoms in total. The Bertz CT molecular complexity index is 263. The van der Waals surface area contributed by atoms with Crippen molar-refractivity contribution in [3.05, 3.63) is 0 Å². The zero-order chi connectivity index (χ0) is 10.6. The average molecular weight is 221 g/mol. The first-order chi connectivity index (χ1) is 6.53. The van der Waals surface area contributed by atoms with E-state index in [0.717, 1.165) is 19.3 Å². The summed E-state index contributed by atoms with van der Waals surface area (Å²) in [5, 5.41) is 8.54. The van der Waals surface area contributed by atoms with Gasteiger partial charge in [0.15, 0.2) is 0 Å². The topological polar surface area (TPSA) is 66.4 Å². The Morgan fingerprint density at radius 3 is 2.64 bits per heavy atom. The van der Waals surface area contributed by atoms with Gasteiger partial charge in [-0.25, -0.2) is 13.1 Å². The molecule has 0 aromatic rings. The van der Waals surface area contributed by atoms with Crippen molar-refractivity contribution in [1.29, 1.82) is 0 Å². The molecule has 0 saturated heterocycles. The summed E-state index contributed by atoms with van der Waals surface area (Å²) in [6.07, 6.45) is 3.31. The van der Waals surface area contributed by atoms with Crippen LogP contribution in [0.3, 0.4) is 0 Å². The largest absolute Gasteiger partial charge is 0.396 e. The number of hydrogen-bond acceptors (Lipinski definition) is 3. The van der Waals surface area contributed by atoms with Gasteiger partial charge in [0.25, 0.3) is 0 Å². The van der Waals surface area contributed by atoms with Crippen LogP contribution >= 0.6 is 0 Å². The lowest BCUT2D eigenvalue weighted by molar-refractivity contribution is 0.295. The van der Waals surface area contributed by atoms with E-state index in [1.165, 1.54) is 0 Å². The van der Waals surface area contributed by atoms with Gasteiger partial charge in [0, 0.05) is 12.6 Å². The first-order valence-corrected chi connectivity index (χ1v) is 6.79. The van der Waals surface area contributed by atoms with Gasteiger partial charge in [0.1, 0.15) is 0 Å². The minimum atomic E-state index is -3.16. The first kappa shape index (κ1) is 11.9. The Balaban J connectivity index is 2.35. The molecular weight excluding hydrogens is 202 g/mol. The van der Waals surface area contributed by atoms with Crippen molar-refractivity contribution in [2.75, 3.05) is 12.4 Å². The molecule has 5 heteroatoms. The first-order valence-electron chi connectivity index (χ1n) is 5.14. The predicted molar refractivity (Wildman–Crippen MR) is 55.4 cm³/mol. The third-order valence-corrected chi connectivity index (χ3v) is 4.13. The van der Waals surface area contributed by atoms with Crippen LogP contribution in [0.1, 0.15) is 32.6 Å². The molecule has 1 fully saturated rings. The molecule has 2 unspecified atom stereocenters. The SMILES string of the molecule is CC1CCC(NS(=O)(=O)CCCO)C1. The van der Waals surface area contributed by atoms with Gasteiger partial charge in [-0.05, 0) is 31.6 Å². The lowest BCUT2D eigenvalue weighted by atomic mass is 10.1. The fraction of sp³-hybridized carbons (Fsp3) is 1.00. The van der Waals surface area contributed by atoms with Crippen LogP contribution in [0.4, 0.5) is 0 Å². The van der Waals surface area contributed by atoms with E-state index in [2.05, 4.69) is 11.6 Å². The molecule has 0 heterocycles. The van der Waals surface area contributed by atoms with Gasteiger partial charge in [-0.1, -0.05) is 6.92 Å². The monoisotopic (exact) mass is 221 g/mol. The molecule has 84 valence electrons. The molecule has 0 aromatic heterocycles. The smallest absolute Gasteiger partial charge is 0.211 e. The summed E-state index contributed by atoms with van der Waals surface area (Å²) in [7, 11) is -3.16. The van der Waals surface area contributed by atoms with Gasteiger partial charge in [-0.3, -0.25) is 0 Å². The van der Waals surface area contributed by atoms with Crippen LogP contribution < -0.4 is 4.72 Å². The second-order valence-electron chi connectivity index (χ2n) is 4.13. The number of aliphatic hydroxyl groups is 1. The molecule has 1 saturated carbocycles. The second kappa shape index (κ2) is 5.09. The molecule has 2 atom stereocenters. The lowest BCUT2D eigenvalue weighted by Gasteiger charge is -2.12. The van der Waals surface area contributed by atoms with Crippen LogP contribution in [0.5, 0.6) is 0 Å². The molecule has 0 bridgehead atoms. The molecular formula is C9H19NO3S. The standard InChI is InChI=1S/C9H19NO3S/c1-8-3-4-9(7-8)10-14(12,13)6-2-5-11/h8-11H,2-7H2,1H3. The molecule has 0 aliphatic heterocycles. The highest BCUT2D eigenvalue weighted by Gasteiger charge is 2.24. The molecule has 14 heavy (non-hydrogen) atoms. The summed E-state index contributed by atoms with van der Waals surface area (Å²) in [5.41, 5.74) is 0. The molecule has 0 radical (unpaired) electrons. The van der Waals surface area contributed by atoms with E-state index in [1.807, 2.05) is 0 Å². The fourth-order valence-corrected chi connectivity index (χ4v) is 3.23. The number of aliphatic hydroxyl groups excluding tert-OH is 1. The van der Waals surface area contributed by atoms with Crippen LogP contribution in [0.25, 0.3) is 0 Å². The van der Waals surface area contributed by atoms with Gasteiger partial charge in [0.05, 0.1) is 5.75 Å². The van der Waals surface area contributed by atoms with E-state index < -0.39 is 10.0 Å². The average Bonchev–Trinajstić information content (AvgIpc) is 2.47. The van der Waals surface area contributed by atoms with Crippen molar-refractivity contribution in [3.8, 4) is 0 Å². The van der Waals surface area contributed by atoms with E-state index in [-0.39, 0.29) is 18.4 Å². The zero-order valence-electron chi connectivity index (χ0n) is 8.57. The van der Waals surface area contributed by atoms with E-state index in [4.69, 9.17) is 5.11 Å². The number of sulfonamides is 1. The van der Waals surface area contributed by atoms with Gasteiger partial charge < -0.3 is 5.11 Å². The van der Waals surface area contributed by atoms with Crippen LogP contribution in [0, 0.1) is 5.92 Å². The maximum Gasteiger partial charge on any atom is 0.211 e. The second-order valence-corrected chi connectivity index (χ2v) is 6.00. The van der Waals surface area contributed by atoms with Crippen molar-refractivity contribution in [3.63, 3.8) is 0 Å². The molecule has 0 amide bonds. The van der Waals surface area contributed by atoms with Crippen LogP contribution in [0.2, 0.25) is 0 Å². The van der Waals surface area contributed by atoms with Crippen LogP contribution in [-0.4, -0.2) is 31.9 Å². The molecule has 2 N–H and O–H groups in total. The highest BCUT2D eigenvalue weighted by molar-refractivity contribution is 7.89. The van der Waals surface area contributed by atoms with Crippen molar-refractivity contribution in [2.45, 2.75) is 38.6 Å². The summed E-state index contributed by atoms with van der Waals surface area (Å²) < 4.78 is 25.5. The van der Waals surface area contributed by atoms with Gasteiger partial charge >= 0.3 is 0 Å². The number of nitrogens with one attached hydrogen (secondary N) is 1. The van der Waals surface area contributed by atoms with Crippen molar-refractivity contribution in [1.82, 2.24) is 4.72 Å². The zero-order valence-corrected chi connectivity index (χ0v) is 9.39. The Hall–Kier alpha value is -0.130. The Labute approximate surface area is 85.8 Å². The summed E-state index contributed by atoms with van der Waals surface area (Å²) in [6.45, 7) is 2.07. The Kier molecular flexibility index (Phi) is 4.34. The number of rotatable bonds is 5. The third-order valence-electron chi connectivity index (χ3n) is 2.61. The third kappa shape index (κ3) is 3.94. The molecule has 0 aromatic carbocycles. The quantitative estimate of drug-likeness (QED) is 0.709. The van der Waals surface area contributed by atoms with E-state index in [9.17, 15) is 8.42 Å². The minimum absolute atomic E-state index is 0.0361. The molecule has 1 aliphatic carbocycles. The van der Waals surface area contributed by atoms with Crippen molar-refractivity contribution >= 4 is 10.0 Å². The van der Waals surface area contributed by atoms with Crippen molar-refractivity contribution in [2.24, 2.45) is 5.92 Å². The maximum absolute atomic E-state index is 11.4. The summed E-state index contributed by atoms with van der Waals surface area (Å²) in [5.74, 6) is 0.662. The van der Waals surface area contributed by atoms with Gasteiger partial charge in [-0.2, -0.15) is 0 Å². The summed E-state index contributed by atoms with van der Waals surface area (Å²) >= 11 is 0. The van der Waals surface area contributed by atoms with Crippen molar-refractivity contribution < 1.29 is 13.5 Å². The normalized spacial score (nSPS) is 28.1. The van der Waals surface area contributed by atoms with Gasteiger partial charge in [0.2, 0.25) is 10.0 Å². The molecule has 1 aliphatic rings. The van der Waals surface area contributed by atoms with E-state index >= 15 is 0 Å². The van der Waals surface area contributed by atoms with E-state index in [1.54, 1.807) is 0 Å². The van der Waals surface area contributed by atoms with Crippen LogP contribution in [-0.2, 0) is 10.0 Å². The summed E-state index contributed by atoms with van der Waals surface area (Å²) in [6, 6.07) is 0.119. The Morgan fingerprint density at radius 1 is 1.43 bits per heavy atom.